The van der Waals surface area contributed by atoms with Gasteiger partial charge in [0.1, 0.15) is 11.0 Å². The number of ether oxygens (including phenoxy) is 1. The lowest BCUT2D eigenvalue weighted by atomic mass is 9.94. The van der Waals surface area contributed by atoms with Crippen LogP contribution in [0, 0.1) is 5.41 Å². The molecule has 10 nitrogen and oxygen atoms in total. The summed E-state index contributed by atoms with van der Waals surface area (Å²) >= 11 is 7.49. The van der Waals surface area contributed by atoms with Crippen molar-refractivity contribution in [1.82, 2.24) is 24.7 Å². The summed E-state index contributed by atoms with van der Waals surface area (Å²) in [5.41, 5.74) is -0.401. The van der Waals surface area contributed by atoms with Gasteiger partial charge in [0.25, 0.3) is 0 Å². The van der Waals surface area contributed by atoms with Crippen molar-refractivity contribution < 1.29 is 19.1 Å². The Kier molecular flexibility index (Phi) is 8.86. The molecule has 0 aliphatic carbocycles. The van der Waals surface area contributed by atoms with E-state index in [1.807, 2.05) is 25.7 Å². The minimum atomic E-state index is -0.401. The number of anilines is 1. The first-order valence-electron chi connectivity index (χ1n) is 11.5. The minimum absolute atomic E-state index is 0.0343. The van der Waals surface area contributed by atoms with Crippen LogP contribution in [0.4, 0.5) is 10.6 Å². The van der Waals surface area contributed by atoms with Crippen molar-refractivity contribution in [3.8, 4) is 0 Å². The summed E-state index contributed by atoms with van der Waals surface area (Å²) in [6, 6.07) is 1.71. The quantitative estimate of drug-likeness (QED) is 0.336. The molecule has 188 valence electrons. The molecule has 1 aromatic rings. The average Bonchev–Trinajstić information content (AvgIpc) is 2.81. The number of amides is 3. The van der Waals surface area contributed by atoms with Crippen LogP contribution in [0.1, 0.15) is 27.7 Å². The number of nitrogens with zero attached hydrogens (tertiary/aromatic N) is 6. The van der Waals surface area contributed by atoms with E-state index in [0.29, 0.717) is 75.1 Å². The molecule has 2 aliphatic rings. The Morgan fingerprint density at radius 1 is 0.971 bits per heavy atom. The lowest BCUT2D eigenvalue weighted by molar-refractivity contribution is -0.139. The van der Waals surface area contributed by atoms with E-state index < -0.39 is 5.41 Å². The highest BCUT2D eigenvalue weighted by atomic mass is 35.5. The molecule has 0 unspecified atom stereocenters. The lowest BCUT2D eigenvalue weighted by Crippen LogP contribution is -2.51. The molecule has 0 bridgehead atoms. The van der Waals surface area contributed by atoms with Crippen LogP contribution in [0.2, 0.25) is 5.15 Å². The van der Waals surface area contributed by atoms with Gasteiger partial charge >= 0.3 is 6.09 Å². The van der Waals surface area contributed by atoms with E-state index in [9.17, 15) is 14.4 Å². The molecule has 0 radical (unpaired) electrons. The molecule has 2 saturated heterocycles. The van der Waals surface area contributed by atoms with Gasteiger partial charge in [-0.1, -0.05) is 44.1 Å². The zero-order chi connectivity index (χ0) is 24.9. The molecule has 0 saturated carbocycles. The zero-order valence-corrected chi connectivity index (χ0v) is 21.8. The van der Waals surface area contributed by atoms with E-state index in [-0.39, 0.29) is 23.7 Å². The van der Waals surface area contributed by atoms with E-state index >= 15 is 0 Å². The number of carbonyl (C=O) groups excluding carboxylic acids is 3. The molecule has 12 heteroatoms. The zero-order valence-electron chi connectivity index (χ0n) is 20.3. The van der Waals surface area contributed by atoms with Gasteiger partial charge < -0.3 is 24.3 Å². The number of rotatable bonds is 5. The first kappa shape index (κ1) is 26.3. The van der Waals surface area contributed by atoms with Crippen LogP contribution in [0.5, 0.6) is 0 Å². The van der Waals surface area contributed by atoms with Crippen molar-refractivity contribution in [1.29, 1.82) is 0 Å². The Bertz CT molecular complexity index is 896. The molecule has 3 amide bonds. The molecular weight excluding hydrogens is 480 g/mol. The number of hydrogen-bond donors (Lipinski definition) is 0. The normalized spacial score (nSPS) is 17.1. The van der Waals surface area contributed by atoms with E-state index in [4.69, 9.17) is 16.3 Å². The maximum Gasteiger partial charge on any atom is 0.409 e. The monoisotopic (exact) mass is 512 g/mol. The fraction of sp³-hybridized carbons (Fsp3) is 0.682. The first-order valence-corrected chi connectivity index (χ1v) is 12.9. The van der Waals surface area contributed by atoms with Gasteiger partial charge in [0.15, 0.2) is 5.16 Å². The summed E-state index contributed by atoms with van der Waals surface area (Å²) in [6.07, 6.45) is -0.340. The topological polar surface area (TPSA) is 99.2 Å². The van der Waals surface area contributed by atoms with Gasteiger partial charge in [-0.3, -0.25) is 9.59 Å². The molecule has 3 rings (SSSR count). The van der Waals surface area contributed by atoms with Gasteiger partial charge in [0.2, 0.25) is 11.8 Å². The Hall–Kier alpha value is -2.27. The number of aromatic nitrogens is 2. The molecule has 2 aliphatic heterocycles. The molecule has 34 heavy (non-hydrogen) atoms. The van der Waals surface area contributed by atoms with Crippen molar-refractivity contribution in [2.45, 2.75) is 32.9 Å². The van der Waals surface area contributed by atoms with Crippen molar-refractivity contribution in [3.63, 3.8) is 0 Å². The second-order valence-electron chi connectivity index (χ2n) is 9.22. The van der Waals surface area contributed by atoms with Crippen LogP contribution < -0.4 is 4.90 Å². The van der Waals surface area contributed by atoms with E-state index in [2.05, 4.69) is 14.9 Å². The molecule has 3 heterocycles. The maximum absolute atomic E-state index is 12.7. The van der Waals surface area contributed by atoms with Gasteiger partial charge in [0.05, 0.1) is 12.4 Å². The number of hydrogen-bond acceptors (Lipinski definition) is 8. The standard InChI is InChI=1S/C22H33ClN6O4S/c1-5-33-21(32)29-12-8-27(9-13-29)18(30)15-34-20-24-16(23)14-17(25-20)26-6-10-28(11-7-26)19(31)22(2,3)4/h14H,5-13,15H2,1-4H3. The predicted molar refractivity (Wildman–Crippen MR) is 131 cm³/mol. The van der Waals surface area contributed by atoms with E-state index in [0.717, 1.165) is 0 Å². The minimum Gasteiger partial charge on any atom is -0.450 e. The number of carbonyl (C=O) groups is 3. The van der Waals surface area contributed by atoms with Gasteiger partial charge in [-0.15, -0.1) is 0 Å². The van der Waals surface area contributed by atoms with Gasteiger partial charge in [-0.25, -0.2) is 14.8 Å². The van der Waals surface area contributed by atoms with Crippen LogP contribution in [-0.2, 0) is 14.3 Å². The Morgan fingerprint density at radius 3 is 2.15 bits per heavy atom. The highest BCUT2D eigenvalue weighted by molar-refractivity contribution is 7.99. The fourth-order valence-electron chi connectivity index (χ4n) is 3.80. The molecule has 0 N–H and O–H groups in total. The van der Waals surface area contributed by atoms with Crippen LogP contribution in [0.3, 0.4) is 0 Å². The van der Waals surface area contributed by atoms with Crippen molar-refractivity contribution in [3.05, 3.63) is 11.2 Å². The Morgan fingerprint density at radius 2 is 1.56 bits per heavy atom. The lowest BCUT2D eigenvalue weighted by Gasteiger charge is -2.38. The van der Waals surface area contributed by atoms with Gasteiger partial charge in [-0.2, -0.15) is 0 Å². The van der Waals surface area contributed by atoms with Crippen LogP contribution >= 0.6 is 23.4 Å². The second-order valence-corrected chi connectivity index (χ2v) is 10.5. The summed E-state index contributed by atoms with van der Waals surface area (Å²) < 4.78 is 5.01. The first-order chi connectivity index (χ1) is 16.1. The molecule has 0 aromatic carbocycles. The smallest absolute Gasteiger partial charge is 0.409 e. The van der Waals surface area contributed by atoms with Crippen LogP contribution in [0.25, 0.3) is 0 Å². The third-order valence-electron chi connectivity index (χ3n) is 5.68. The van der Waals surface area contributed by atoms with Crippen molar-refractivity contribution >= 4 is 47.1 Å². The second kappa shape index (κ2) is 11.4. The third kappa shape index (κ3) is 6.88. The Labute approximate surface area is 209 Å². The average molecular weight is 513 g/mol. The summed E-state index contributed by atoms with van der Waals surface area (Å²) in [7, 11) is 0. The van der Waals surface area contributed by atoms with Crippen LogP contribution in [-0.4, -0.2) is 107 Å². The van der Waals surface area contributed by atoms with E-state index in [1.54, 1.807) is 22.8 Å². The molecule has 2 fully saturated rings. The predicted octanol–water partition coefficient (Wildman–Crippen LogP) is 2.22. The summed E-state index contributed by atoms with van der Waals surface area (Å²) in [4.78, 5) is 53.2. The SMILES string of the molecule is CCOC(=O)N1CCN(C(=O)CSc2nc(Cl)cc(N3CCN(C(=O)C(C)(C)C)CC3)n2)CC1. The largest absolute Gasteiger partial charge is 0.450 e. The summed E-state index contributed by atoms with van der Waals surface area (Å²) in [5.74, 6) is 0.993. The molecule has 0 spiro atoms. The summed E-state index contributed by atoms with van der Waals surface area (Å²) in [6.45, 7) is 12.3. The third-order valence-corrected chi connectivity index (χ3v) is 6.70. The number of halogens is 1. The van der Waals surface area contributed by atoms with Crippen LogP contribution in [0.15, 0.2) is 11.2 Å². The Balaban J connectivity index is 1.51. The maximum atomic E-state index is 12.7. The molecular formula is C22H33ClN6O4S. The van der Waals surface area contributed by atoms with Crippen molar-refractivity contribution in [2.24, 2.45) is 5.41 Å². The highest BCUT2D eigenvalue weighted by Crippen LogP contribution is 2.25. The van der Waals surface area contributed by atoms with E-state index in [1.165, 1.54) is 11.8 Å². The van der Waals surface area contributed by atoms with Gasteiger partial charge in [-0.05, 0) is 6.92 Å². The number of piperazine rings is 2. The number of thioether (sulfide) groups is 1. The van der Waals surface area contributed by atoms with Crippen molar-refractivity contribution in [2.75, 3.05) is 69.6 Å². The van der Waals surface area contributed by atoms with Gasteiger partial charge in [0, 0.05) is 63.8 Å². The molecule has 0 atom stereocenters. The highest BCUT2D eigenvalue weighted by Gasteiger charge is 2.30. The summed E-state index contributed by atoms with van der Waals surface area (Å²) in [5, 5.41) is 0.755. The molecule has 1 aromatic heterocycles. The fourth-order valence-corrected chi connectivity index (χ4v) is 4.78.